The molecule has 2 aromatic carbocycles. The number of benzene rings is 2. The summed E-state index contributed by atoms with van der Waals surface area (Å²) >= 11 is 0. The van der Waals surface area contributed by atoms with Crippen molar-refractivity contribution in [3.05, 3.63) is 67.8 Å². The third kappa shape index (κ3) is 11.3. The number of ketones is 1. The van der Waals surface area contributed by atoms with E-state index in [-0.39, 0.29) is 48.5 Å². The van der Waals surface area contributed by atoms with Gasteiger partial charge in [-0.05, 0) is 132 Å². The first-order chi connectivity index (χ1) is 25.3. The second-order valence-electron chi connectivity index (χ2n) is 16.1. The average Bonchev–Trinajstić information content (AvgIpc) is 3.13. The number of aryl methyl sites for hydroxylation is 3. The van der Waals surface area contributed by atoms with Crippen molar-refractivity contribution in [2.75, 3.05) is 6.16 Å². The highest BCUT2D eigenvalue weighted by atomic mass is 31.2. The van der Waals surface area contributed by atoms with Crippen molar-refractivity contribution >= 4 is 29.9 Å². The van der Waals surface area contributed by atoms with Crippen LogP contribution in [0.3, 0.4) is 0 Å². The molecule has 0 spiro atoms. The molecule has 0 aliphatic rings. The lowest BCUT2D eigenvalue weighted by atomic mass is 9.78. The van der Waals surface area contributed by atoms with Crippen LogP contribution in [-0.4, -0.2) is 34.6 Å². The topological polar surface area (TPSA) is 104 Å². The smallest absolute Gasteiger partial charge is 0.306 e. The molecule has 302 valence electrons. The van der Waals surface area contributed by atoms with Gasteiger partial charge in [0.05, 0.1) is 12.2 Å². The molecule has 54 heavy (non-hydrogen) atoms. The van der Waals surface area contributed by atoms with Crippen LogP contribution < -0.4 is 0 Å². The summed E-state index contributed by atoms with van der Waals surface area (Å²) in [6.07, 6.45) is 8.10. The third-order valence-corrected chi connectivity index (χ3v) is 15.1. The van der Waals surface area contributed by atoms with E-state index < -0.39 is 23.8 Å². The van der Waals surface area contributed by atoms with E-state index >= 15 is 9.36 Å². The van der Waals surface area contributed by atoms with Crippen LogP contribution >= 0.6 is 7.14 Å². The van der Waals surface area contributed by atoms with Gasteiger partial charge in [-0.15, -0.1) is 0 Å². The van der Waals surface area contributed by atoms with Gasteiger partial charge in [0.25, 0.3) is 0 Å². The Hall–Kier alpha value is -2.89. The molecule has 0 N–H and O–H groups in total. The molecular weight excluding hydrogens is 695 g/mol. The number of unbranched alkanes of at least 4 members (excludes halogenated alkanes) is 4. The number of Topliss-reactive ketones (excluding diaryl/α,β-unsaturated/α-hetero) is 1. The highest BCUT2D eigenvalue weighted by Gasteiger charge is 2.43. The van der Waals surface area contributed by atoms with E-state index in [1.54, 1.807) is 0 Å². The van der Waals surface area contributed by atoms with Gasteiger partial charge in [0.1, 0.15) is 12.4 Å². The summed E-state index contributed by atoms with van der Waals surface area (Å²) in [5.74, 6) is -0.150. The highest BCUT2D eigenvalue weighted by molar-refractivity contribution is 7.95. The predicted octanol–water partition coefficient (Wildman–Crippen LogP) is 12.6. The molecule has 1 atom stereocenters. The van der Waals surface area contributed by atoms with Gasteiger partial charge >= 0.3 is 5.97 Å². The van der Waals surface area contributed by atoms with Crippen molar-refractivity contribution < 1.29 is 33.2 Å². The molecule has 7 nitrogen and oxygen atoms in total. The van der Waals surface area contributed by atoms with E-state index in [0.29, 0.717) is 59.1 Å². The number of esters is 1. The quantitative estimate of drug-likeness (QED) is 0.0595. The first kappa shape index (κ1) is 47.3. The number of carbonyl (C=O) groups is 4. The van der Waals surface area contributed by atoms with Gasteiger partial charge in [-0.25, -0.2) is 0 Å². The van der Waals surface area contributed by atoms with Gasteiger partial charge in [0.2, 0.25) is 18.2 Å². The summed E-state index contributed by atoms with van der Waals surface area (Å²) in [4.78, 5) is 55.5. The standard InChI is InChI=1S/C46H71O7P/c1-14-19-20-23-26-54(51,43(49)41-32(7)27-31(6)28-33(41)8)44(50)42-35(10)37(34(9)38(36(42)11)30-53-46(13,17-4)18-5)29-52-40(48)25-22-21-24-39(47)45(12,15-2)16-3/h27-28H,14-26,29-30H2,1-13H3. The summed E-state index contributed by atoms with van der Waals surface area (Å²) in [6.45, 7) is 25.8. The second kappa shape index (κ2) is 20.9. The number of ether oxygens (including phenoxy) is 2. The Morgan fingerprint density at radius 2 is 1.15 bits per heavy atom. The van der Waals surface area contributed by atoms with Gasteiger partial charge < -0.3 is 14.0 Å². The predicted molar refractivity (Wildman–Crippen MR) is 222 cm³/mol. The minimum absolute atomic E-state index is 0.00222. The Labute approximate surface area is 327 Å². The molecule has 0 aliphatic carbocycles. The zero-order valence-corrected chi connectivity index (χ0v) is 37.0. The SMILES string of the molecule is CCCCCCP(=O)(C(=O)c1c(C)cc(C)cc1C)C(=O)c1c(C)c(COC(=O)CCCCC(=O)C(C)(CC)CC)c(C)c(COC(C)(CC)CC)c1C. The number of hydrogen-bond donors (Lipinski definition) is 0. The molecule has 8 heteroatoms. The van der Waals surface area contributed by atoms with Crippen LogP contribution in [0.2, 0.25) is 0 Å². The van der Waals surface area contributed by atoms with Crippen molar-refractivity contribution in [1.29, 1.82) is 0 Å². The Bertz CT molecular complexity index is 1670. The fraction of sp³-hybridized carbons (Fsp3) is 0.652. The van der Waals surface area contributed by atoms with Gasteiger partial charge in [0.15, 0.2) is 0 Å². The second-order valence-corrected chi connectivity index (χ2v) is 18.9. The first-order valence-electron chi connectivity index (χ1n) is 20.5. The maximum Gasteiger partial charge on any atom is 0.306 e. The fourth-order valence-electron chi connectivity index (χ4n) is 7.44. The Kier molecular flexibility index (Phi) is 18.3. The first-order valence-corrected chi connectivity index (χ1v) is 22.4. The molecule has 0 bridgehead atoms. The van der Waals surface area contributed by atoms with E-state index in [9.17, 15) is 14.4 Å². The van der Waals surface area contributed by atoms with Gasteiger partial charge in [0, 0.05) is 35.5 Å². The summed E-state index contributed by atoms with van der Waals surface area (Å²) in [6, 6.07) is 3.81. The molecule has 2 rings (SSSR count). The Balaban J connectivity index is 2.62. The molecule has 0 fully saturated rings. The van der Waals surface area contributed by atoms with Gasteiger partial charge in [-0.2, -0.15) is 0 Å². The number of carbonyl (C=O) groups excluding carboxylic acids is 4. The van der Waals surface area contributed by atoms with Crippen LogP contribution in [0.5, 0.6) is 0 Å². The molecule has 0 aliphatic heterocycles. The van der Waals surface area contributed by atoms with Gasteiger partial charge in [-0.1, -0.05) is 78.5 Å². The van der Waals surface area contributed by atoms with E-state index in [1.807, 2.05) is 74.4 Å². The third-order valence-electron chi connectivity index (χ3n) is 12.4. The molecular formula is C46H71O7P. The molecule has 0 saturated carbocycles. The fourth-order valence-corrected chi connectivity index (χ4v) is 10.1. The van der Waals surface area contributed by atoms with Crippen molar-refractivity contribution in [3.63, 3.8) is 0 Å². The molecule has 0 saturated heterocycles. The lowest BCUT2D eigenvalue weighted by Gasteiger charge is -2.30. The van der Waals surface area contributed by atoms with Crippen LogP contribution in [0, 0.1) is 47.0 Å². The maximum absolute atomic E-state index is 15.3. The molecule has 0 aromatic heterocycles. The van der Waals surface area contributed by atoms with Crippen LogP contribution in [0.4, 0.5) is 0 Å². The number of hydrogen-bond acceptors (Lipinski definition) is 7. The lowest BCUT2D eigenvalue weighted by Crippen LogP contribution is -2.27. The van der Waals surface area contributed by atoms with Crippen molar-refractivity contribution in [3.8, 4) is 0 Å². The molecule has 1 unspecified atom stereocenters. The monoisotopic (exact) mass is 766 g/mol. The van der Waals surface area contributed by atoms with E-state index in [2.05, 4.69) is 27.7 Å². The minimum atomic E-state index is -4.16. The largest absolute Gasteiger partial charge is 0.461 e. The molecule has 0 heterocycles. The zero-order valence-electron chi connectivity index (χ0n) is 36.1. The number of rotatable bonds is 24. The molecule has 0 amide bonds. The van der Waals surface area contributed by atoms with Crippen LogP contribution in [0.1, 0.15) is 191 Å². The summed E-state index contributed by atoms with van der Waals surface area (Å²) in [5, 5.41) is 0. The van der Waals surface area contributed by atoms with Gasteiger partial charge in [-0.3, -0.25) is 19.2 Å². The Morgan fingerprint density at radius 1 is 0.630 bits per heavy atom. The molecule has 0 radical (unpaired) electrons. The Morgan fingerprint density at radius 3 is 1.67 bits per heavy atom. The van der Waals surface area contributed by atoms with Crippen molar-refractivity contribution in [1.82, 2.24) is 0 Å². The van der Waals surface area contributed by atoms with Crippen molar-refractivity contribution in [2.24, 2.45) is 5.41 Å². The van der Waals surface area contributed by atoms with Crippen LogP contribution in [0.15, 0.2) is 12.1 Å². The van der Waals surface area contributed by atoms with Crippen LogP contribution in [0.25, 0.3) is 0 Å². The summed E-state index contributed by atoms with van der Waals surface area (Å²) in [5.41, 5.74) is 4.64. The van der Waals surface area contributed by atoms with E-state index in [4.69, 9.17) is 9.47 Å². The normalized spacial score (nSPS) is 13.1. The molecule has 2 aromatic rings. The van der Waals surface area contributed by atoms with Crippen LogP contribution in [-0.2, 0) is 36.8 Å². The van der Waals surface area contributed by atoms with E-state index in [1.165, 1.54) is 0 Å². The zero-order chi connectivity index (χ0) is 41.0. The maximum atomic E-state index is 15.3. The highest BCUT2D eigenvalue weighted by Crippen LogP contribution is 2.55. The average molecular weight is 767 g/mol. The van der Waals surface area contributed by atoms with E-state index in [0.717, 1.165) is 61.6 Å². The minimum Gasteiger partial charge on any atom is -0.461 e. The lowest BCUT2D eigenvalue weighted by molar-refractivity contribution is -0.145. The van der Waals surface area contributed by atoms with Crippen molar-refractivity contribution in [2.45, 2.75) is 186 Å². The summed E-state index contributed by atoms with van der Waals surface area (Å²) < 4.78 is 27.7. The summed E-state index contributed by atoms with van der Waals surface area (Å²) in [7, 11) is -4.16.